The van der Waals surface area contributed by atoms with E-state index in [0.29, 0.717) is 6.04 Å². The molecule has 180 valence electrons. The van der Waals surface area contributed by atoms with Crippen LogP contribution in [-0.4, -0.2) is 65.8 Å². The van der Waals surface area contributed by atoms with Gasteiger partial charge in [-0.2, -0.15) is 0 Å². The number of carboxylic acids is 3. The lowest BCUT2D eigenvalue weighted by Crippen LogP contribution is -2.42. The molecule has 0 saturated heterocycles. The van der Waals surface area contributed by atoms with E-state index < -0.39 is 36.4 Å². The van der Waals surface area contributed by atoms with Gasteiger partial charge >= 0.3 is 17.9 Å². The van der Waals surface area contributed by atoms with Crippen LogP contribution in [0.15, 0.2) is 36.7 Å². The number of aromatic nitrogens is 1. The summed E-state index contributed by atoms with van der Waals surface area (Å²) in [6.45, 7) is 2.81. The summed E-state index contributed by atoms with van der Waals surface area (Å²) < 4.78 is 0. The first-order valence-corrected chi connectivity index (χ1v) is 10.8. The normalized spacial score (nSPS) is 15.1. The molecule has 2 heterocycles. The van der Waals surface area contributed by atoms with Crippen LogP contribution < -0.4 is 0 Å². The number of hydrogen-bond acceptors (Lipinski definition) is 6. The third-order valence-electron chi connectivity index (χ3n) is 6.03. The third-order valence-corrected chi connectivity index (χ3v) is 6.03. The number of carboxylic acid groups (broad SMARTS) is 3. The molecule has 0 spiro atoms. The first-order chi connectivity index (χ1) is 16.0. The summed E-state index contributed by atoms with van der Waals surface area (Å²) in [6, 6.07) is 8.75. The predicted octanol–water partition coefficient (Wildman–Crippen LogP) is 2.32. The van der Waals surface area contributed by atoms with Gasteiger partial charge in [0.25, 0.3) is 5.91 Å². The zero-order chi connectivity index (χ0) is 25.0. The fraction of sp³-hybridized carbons (Fsp3) is 0.375. The molecule has 1 fully saturated rings. The predicted molar refractivity (Wildman–Crippen MR) is 119 cm³/mol. The monoisotopic (exact) mass is 470 g/mol. The molecule has 1 amide bonds. The zero-order valence-corrected chi connectivity index (χ0v) is 18.6. The van der Waals surface area contributed by atoms with E-state index in [2.05, 4.69) is 28.1 Å². The number of hydrogen-bond donors (Lipinski definition) is 4. The molecule has 2 aromatic rings. The van der Waals surface area contributed by atoms with Crippen molar-refractivity contribution in [3.05, 3.63) is 53.3 Å². The summed E-state index contributed by atoms with van der Waals surface area (Å²) in [4.78, 5) is 49.3. The molecular weight excluding hydrogens is 444 g/mol. The number of fused-ring (bicyclic) bond motifs is 1. The van der Waals surface area contributed by atoms with E-state index in [0.717, 1.165) is 41.6 Å². The van der Waals surface area contributed by atoms with Gasteiger partial charge in [0, 0.05) is 36.1 Å². The van der Waals surface area contributed by atoms with Gasteiger partial charge in [0.1, 0.15) is 0 Å². The average molecular weight is 470 g/mol. The number of nitrogens with zero attached hydrogens (tertiary/aromatic N) is 2. The third kappa shape index (κ3) is 5.40. The maximum atomic E-state index is 12.6. The molecule has 2 aliphatic rings. The van der Waals surface area contributed by atoms with Gasteiger partial charge in [-0.1, -0.05) is 12.1 Å². The van der Waals surface area contributed by atoms with Crippen LogP contribution in [0.25, 0.3) is 11.1 Å². The Morgan fingerprint density at radius 3 is 2.21 bits per heavy atom. The average Bonchev–Trinajstić information content (AvgIpc) is 3.03. The summed E-state index contributed by atoms with van der Waals surface area (Å²) in [5.41, 5.74) is 2.71. The van der Waals surface area contributed by atoms with Crippen LogP contribution in [0.2, 0.25) is 0 Å². The van der Waals surface area contributed by atoms with E-state index in [1.54, 1.807) is 6.20 Å². The summed E-state index contributed by atoms with van der Waals surface area (Å²) >= 11 is 0. The molecule has 10 heteroatoms. The Kier molecular flexibility index (Phi) is 7.31. The molecule has 1 aliphatic carbocycles. The minimum absolute atomic E-state index is 0.227. The van der Waals surface area contributed by atoms with Crippen molar-refractivity contribution in [1.82, 2.24) is 9.88 Å². The molecule has 4 N–H and O–H groups in total. The molecule has 0 atom stereocenters. The number of aliphatic hydroxyl groups is 1. The number of carbonyl (C=O) groups excluding carboxylic acids is 1. The van der Waals surface area contributed by atoms with E-state index in [1.807, 2.05) is 19.2 Å². The topological polar surface area (TPSA) is 165 Å². The second-order valence-electron chi connectivity index (χ2n) is 8.56. The number of pyridine rings is 1. The van der Waals surface area contributed by atoms with Crippen LogP contribution in [0.4, 0.5) is 0 Å². The molecule has 1 aromatic carbocycles. The van der Waals surface area contributed by atoms with Crippen molar-refractivity contribution < 1.29 is 39.6 Å². The lowest BCUT2D eigenvalue weighted by atomic mass is 9.92. The van der Waals surface area contributed by atoms with Crippen LogP contribution in [0, 0.1) is 6.92 Å². The van der Waals surface area contributed by atoms with Gasteiger partial charge in [-0.3, -0.25) is 19.4 Å². The highest BCUT2D eigenvalue weighted by molar-refractivity contribution is 6.00. The lowest BCUT2D eigenvalue weighted by Gasteiger charge is -2.34. The van der Waals surface area contributed by atoms with Gasteiger partial charge in [-0.15, -0.1) is 0 Å². The van der Waals surface area contributed by atoms with E-state index in [4.69, 9.17) is 20.4 Å². The molecule has 1 saturated carbocycles. The van der Waals surface area contributed by atoms with Crippen LogP contribution in [0.5, 0.6) is 0 Å². The number of aliphatic carboxylic acids is 3. The minimum Gasteiger partial charge on any atom is -0.481 e. The molecule has 10 nitrogen and oxygen atoms in total. The second-order valence-corrected chi connectivity index (χ2v) is 8.56. The second kappa shape index (κ2) is 10.0. The Labute approximate surface area is 195 Å². The maximum absolute atomic E-state index is 12.6. The van der Waals surface area contributed by atoms with E-state index in [1.165, 1.54) is 12.0 Å². The van der Waals surface area contributed by atoms with Gasteiger partial charge in [-0.05, 0) is 55.0 Å². The van der Waals surface area contributed by atoms with Crippen molar-refractivity contribution in [1.29, 1.82) is 0 Å². The highest BCUT2D eigenvalue weighted by atomic mass is 16.4. The lowest BCUT2D eigenvalue weighted by molar-refractivity contribution is -0.170. The highest BCUT2D eigenvalue weighted by Crippen LogP contribution is 2.36. The number of aryl methyl sites for hydroxylation is 1. The van der Waals surface area contributed by atoms with Gasteiger partial charge in [-0.25, -0.2) is 4.79 Å². The first kappa shape index (κ1) is 24.8. The molecule has 1 aromatic heterocycles. The number of benzene rings is 1. The van der Waals surface area contributed by atoms with Gasteiger partial charge in [0.2, 0.25) is 0 Å². The quantitative estimate of drug-likeness (QED) is 0.475. The van der Waals surface area contributed by atoms with Crippen LogP contribution in [-0.2, 0) is 20.9 Å². The molecule has 1 aliphatic heterocycles. The number of amides is 1. The van der Waals surface area contributed by atoms with E-state index in [9.17, 15) is 19.2 Å². The van der Waals surface area contributed by atoms with Crippen molar-refractivity contribution in [2.45, 2.75) is 57.2 Å². The van der Waals surface area contributed by atoms with Crippen LogP contribution in [0.3, 0.4) is 0 Å². The van der Waals surface area contributed by atoms with Gasteiger partial charge in [0.05, 0.1) is 12.8 Å². The molecular formula is C24H26N2O8. The van der Waals surface area contributed by atoms with Crippen molar-refractivity contribution in [3.63, 3.8) is 0 Å². The van der Waals surface area contributed by atoms with E-state index in [-0.39, 0.29) is 5.91 Å². The molecule has 0 radical (unpaired) electrons. The van der Waals surface area contributed by atoms with Crippen molar-refractivity contribution in [2.75, 3.05) is 0 Å². The summed E-state index contributed by atoms with van der Waals surface area (Å²) in [6.07, 6.45) is 4.95. The summed E-state index contributed by atoms with van der Waals surface area (Å²) in [5, 5.41) is 33.8. The summed E-state index contributed by atoms with van der Waals surface area (Å²) in [7, 11) is 0. The Hall–Kier alpha value is -3.79. The highest BCUT2D eigenvalue weighted by Gasteiger charge is 2.41. The van der Waals surface area contributed by atoms with Crippen molar-refractivity contribution in [2.24, 2.45) is 0 Å². The first-order valence-electron chi connectivity index (χ1n) is 10.8. The molecule has 34 heavy (non-hydrogen) atoms. The summed E-state index contributed by atoms with van der Waals surface area (Å²) in [5.74, 6) is -4.79. The zero-order valence-electron chi connectivity index (χ0n) is 18.6. The molecule has 4 rings (SSSR count). The van der Waals surface area contributed by atoms with E-state index >= 15 is 0 Å². The minimum atomic E-state index is -2.74. The SMILES string of the molecule is Cc1cc(-c2cccnc2)cc2c1C(=O)N(C1CCC1)C2.O=C(O)CC(O)(CC(=O)O)C(=O)O. The number of carbonyl (C=O) groups is 4. The van der Waals surface area contributed by atoms with Crippen molar-refractivity contribution in [3.8, 4) is 11.1 Å². The molecule has 0 bridgehead atoms. The van der Waals surface area contributed by atoms with Gasteiger partial charge in [0.15, 0.2) is 5.60 Å². The molecule has 0 unspecified atom stereocenters. The Bertz CT molecular complexity index is 1100. The van der Waals surface area contributed by atoms with Gasteiger partial charge < -0.3 is 25.3 Å². The van der Waals surface area contributed by atoms with Crippen LogP contribution in [0.1, 0.15) is 53.6 Å². The van der Waals surface area contributed by atoms with Crippen LogP contribution >= 0.6 is 0 Å². The number of rotatable bonds is 7. The Morgan fingerprint density at radius 2 is 1.74 bits per heavy atom. The Balaban J connectivity index is 0.000000218. The largest absolute Gasteiger partial charge is 0.481 e. The smallest absolute Gasteiger partial charge is 0.336 e. The standard InChI is InChI=1S/C18H18N2O.C6H8O7/c1-12-8-14(13-4-3-7-19-10-13)9-15-11-20(16-5-2-6-16)18(21)17(12)15;7-3(8)1-6(13,5(11)12)2-4(9)10/h3-4,7-10,16H,2,5-6,11H2,1H3;13H,1-2H2,(H,7,8)(H,9,10)(H,11,12). The fourth-order valence-corrected chi connectivity index (χ4v) is 4.10. The maximum Gasteiger partial charge on any atom is 0.336 e. The Morgan fingerprint density at radius 1 is 1.09 bits per heavy atom. The fourth-order valence-electron chi connectivity index (χ4n) is 4.10. The van der Waals surface area contributed by atoms with Crippen molar-refractivity contribution >= 4 is 23.8 Å².